The fraction of sp³-hybridized carbons (Fsp3) is 0.211. The van der Waals surface area contributed by atoms with Gasteiger partial charge < -0.3 is 0 Å². The first kappa shape index (κ1) is 12.9. The molecule has 0 saturated carbocycles. The van der Waals surface area contributed by atoms with Crippen LogP contribution in [0.2, 0.25) is 0 Å². The minimum absolute atomic E-state index is 0.243. The van der Waals surface area contributed by atoms with Gasteiger partial charge in [-0.2, -0.15) is 0 Å². The second kappa shape index (κ2) is 4.75. The van der Waals surface area contributed by atoms with Gasteiger partial charge in [-0.05, 0) is 37.0 Å². The highest BCUT2D eigenvalue weighted by atomic mass is 16.1. The summed E-state index contributed by atoms with van der Waals surface area (Å²) >= 11 is 0. The predicted molar refractivity (Wildman–Crippen MR) is 81.7 cm³/mol. The molecule has 1 aliphatic rings. The van der Waals surface area contributed by atoms with Crippen molar-refractivity contribution in [3.05, 3.63) is 82.9 Å². The van der Waals surface area contributed by atoms with Gasteiger partial charge in [0.15, 0.2) is 5.78 Å². The lowest BCUT2D eigenvalue weighted by Gasteiger charge is -2.29. The Morgan fingerprint density at radius 1 is 0.800 bits per heavy atom. The molecule has 2 aromatic carbocycles. The fourth-order valence-electron chi connectivity index (χ4n) is 3.20. The van der Waals surface area contributed by atoms with Crippen LogP contribution in [0.5, 0.6) is 0 Å². The van der Waals surface area contributed by atoms with Crippen LogP contribution < -0.4 is 0 Å². The summed E-state index contributed by atoms with van der Waals surface area (Å²) in [5.74, 6) is 0.243. The molecule has 2 aromatic rings. The number of Topliss-reactive ketones (excluding diaryl/α,β-unsaturated/α-hetero) is 1. The van der Waals surface area contributed by atoms with Crippen molar-refractivity contribution in [1.29, 1.82) is 0 Å². The quantitative estimate of drug-likeness (QED) is 0.789. The summed E-state index contributed by atoms with van der Waals surface area (Å²) in [6.45, 7) is 4.02. The van der Waals surface area contributed by atoms with Crippen LogP contribution in [0.15, 0.2) is 71.8 Å². The first-order valence-electron chi connectivity index (χ1n) is 6.98. The summed E-state index contributed by atoms with van der Waals surface area (Å²) in [6.07, 6.45) is 0.783. The van der Waals surface area contributed by atoms with E-state index in [-0.39, 0.29) is 5.78 Å². The number of ketones is 1. The van der Waals surface area contributed by atoms with E-state index in [2.05, 4.69) is 31.2 Å². The normalized spacial score (nSPS) is 17.6. The van der Waals surface area contributed by atoms with Gasteiger partial charge in [0.2, 0.25) is 0 Å². The monoisotopic (exact) mass is 262 g/mol. The maximum atomic E-state index is 13.0. The van der Waals surface area contributed by atoms with Gasteiger partial charge in [-0.25, -0.2) is 0 Å². The maximum Gasteiger partial charge on any atom is 0.173 e. The standard InChI is InChI=1S/C19H18O/c1-14-13-19(18(20)15(14)2,16-9-5-3-6-10-16)17-11-7-4-8-12-17/h3-12H,13H2,1-2H3. The lowest BCUT2D eigenvalue weighted by atomic mass is 9.71. The average Bonchev–Trinajstić information content (AvgIpc) is 2.74. The molecular formula is C19H18O. The molecule has 0 spiro atoms. The Balaban J connectivity index is 2.24. The molecule has 0 aromatic heterocycles. The molecule has 0 aliphatic heterocycles. The third-order valence-electron chi connectivity index (χ3n) is 4.43. The van der Waals surface area contributed by atoms with Crippen LogP contribution in [0.1, 0.15) is 31.4 Å². The molecule has 0 fully saturated rings. The molecular weight excluding hydrogens is 244 g/mol. The first-order valence-corrected chi connectivity index (χ1v) is 6.98. The van der Waals surface area contributed by atoms with Crippen LogP contribution in [0, 0.1) is 0 Å². The van der Waals surface area contributed by atoms with Crippen LogP contribution in [0.4, 0.5) is 0 Å². The molecule has 0 N–H and O–H groups in total. The van der Waals surface area contributed by atoms with Gasteiger partial charge in [-0.15, -0.1) is 0 Å². The summed E-state index contributed by atoms with van der Waals surface area (Å²) in [4.78, 5) is 13.0. The fourth-order valence-corrected chi connectivity index (χ4v) is 3.20. The van der Waals surface area contributed by atoms with Crippen molar-refractivity contribution >= 4 is 5.78 Å². The van der Waals surface area contributed by atoms with E-state index in [1.54, 1.807) is 0 Å². The molecule has 100 valence electrons. The van der Waals surface area contributed by atoms with Crippen molar-refractivity contribution in [1.82, 2.24) is 0 Å². The third kappa shape index (κ3) is 1.74. The summed E-state index contributed by atoms with van der Waals surface area (Å²) in [5, 5.41) is 0. The van der Waals surface area contributed by atoms with Gasteiger partial charge >= 0.3 is 0 Å². The second-order valence-electron chi connectivity index (χ2n) is 5.55. The van der Waals surface area contributed by atoms with Gasteiger partial charge in [0.1, 0.15) is 0 Å². The topological polar surface area (TPSA) is 17.1 Å². The number of hydrogen-bond acceptors (Lipinski definition) is 1. The molecule has 0 bridgehead atoms. The molecule has 0 heterocycles. The van der Waals surface area contributed by atoms with E-state index >= 15 is 0 Å². The maximum absolute atomic E-state index is 13.0. The van der Waals surface area contributed by atoms with Crippen molar-refractivity contribution < 1.29 is 4.79 Å². The highest BCUT2D eigenvalue weighted by molar-refractivity contribution is 6.09. The number of rotatable bonds is 2. The van der Waals surface area contributed by atoms with Gasteiger partial charge in [0.05, 0.1) is 5.41 Å². The average molecular weight is 262 g/mol. The van der Waals surface area contributed by atoms with E-state index in [9.17, 15) is 4.79 Å². The van der Waals surface area contributed by atoms with Crippen LogP contribution in [-0.2, 0) is 10.2 Å². The minimum atomic E-state index is -0.531. The molecule has 1 aliphatic carbocycles. The Labute approximate surface area is 120 Å². The Bertz CT molecular complexity index is 626. The van der Waals surface area contributed by atoms with Crippen molar-refractivity contribution in [2.75, 3.05) is 0 Å². The third-order valence-corrected chi connectivity index (χ3v) is 4.43. The lowest BCUT2D eigenvalue weighted by Crippen LogP contribution is -2.34. The van der Waals surface area contributed by atoms with E-state index < -0.39 is 5.41 Å². The van der Waals surface area contributed by atoms with Crippen molar-refractivity contribution in [2.24, 2.45) is 0 Å². The van der Waals surface area contributed by atoms with E-state index in [0.717, 1.165) is 23.1 Å². The highest BCUT2D eigenvalue weighted by Gasteiger charge is 2.46. The number of allylic oxidation sites excluding steroid dienone is 2. The van der Waals surface area contributed by atoms with Gasteiger partial charge in [-0.3, -0.25) is 4.79 Å². The predicted octanol–water partition coefficient (Wildman–Crippen LogP) is 4.28. The smallest absolute Gasteiger partial charge is 0.173 e. The number of carbonyl (C=O) groups excluding carboxylic acids is 1. The van der Waals surface area contributed by atoms with Gasteiger partial charge in [0.25, 0.3) is 0 Å². The summed E-state index contributed by atoms with van der Waals surface area (Å²) in [5.41, 5.74) is 3.76. The van der Waals surface area contributed by atoms with Crippen LogP contribution in [0.25, 0.3) is 0 Å². The van der Waals surface area contributed by atoms with Crippen LogP contribution in [-0.4, -0.2) is 5.78 Å². The summed E-state index contributed by atoms with van der Waals surface area (Å²) in [6, 6.07) is 20.3. The Morgan fingerprint density at radius 2 is 1.25 bits per heavy atom. The molecule has 0 radical (unpaired) electrons. The minimum Gasteiger partial charge on any atom is -0.293 e. The van der Waals surface area contributed by atoms with Crippen molar-refractivity contribution in [3.8, 4) is 0 Å². The van der Waals surface area contributed by atoms with E-state index in [0.29, 0.717) is 0 Å². The first-order chi connectivity index (χ1) is 9.66. The Hall–Kier alpha value is -2.15. The number of benzene rings is 2. The Morgan fingerprint density at radius 3 is 1.60 bits per heavy atom. The molecule has 0 saturated heterocycles. The Kier molecular flexibility index (Phi) is 3.06. The van der Waals surface area contributed by atoms with Crippen molar-refractivity contribution in [3.63, 3.8) is 0 Å². The van der Waals surface area contributed by atoms with E-state index in [4.69, 9.17) is 0 Å². The summed E-state index contributed by atoms with van der Waals surface area (Å²) in [7, 11) is 0. The largest absolute Gasteiger partial charge is 0.293 e. The number of carbonyl (C=O) groups is 1. The van der Waals surface area contributed by atoms with Crippen molar-refractivity contribution in [2.45, 2.75) is 25.7 Å². The highest BCUT2D eigenvalue weighted by Crippen LogP contribution is 2.46. The molecule has 0 amide bonds. The summed E-state index contributed by atoms with van der Waals surface area (Å²) < 4.78 is 0. The molecule has 20 heavy (non-hydrogen) atoms. The van der Waals surface area contributed by atoms with Crippen LogP contribution in [0.3, 0.4) is 0 Å². The van der Waals surface area contributed by atoms with Crippen LogP contribution >= 0.6 is 0 Å². The molecule has 0 atom stereocenters. The SMILES string of the molecule is CC1=C(C)C(=O)C(c2ccccc2)(c2ccccc2)C1. The molecule has 3 rings (SSSR count). The van der Waals surface area contributed by atoms with Gasteiger partial charge in [0, 0.05) is 0 Å². The van der Waals surface area contributed by atoms with E-state index in [1.165, 1.54) is 5.57 Å². The second-order valence-corrected chi connectivity index (χ2v) is 5.55. The molecule has 0 unspecified atom stereocenters. The van der Waals surface area contributed by atoms with E-state index in [1.807, 2.05) is 43.3 Å². The van der Waals surface area contributed by atoms with Gasteiger partial charge in [-0.1, -0.05) is 66.2 Å². The lowest BCUT2D eigenvalue weighted by molar-refractivity contribution is -0.118. The molecule has 1 nitrogen and oxygen atoms in total. The zero-order valence-corrected chi connectivity index (χ0v) is 11.9. The number of hydrogen-bond donors (Lipinski definition) is 0. The zero-order chi connectivity index (χ0) is 14.2. The molecule has 1 heteroatoms. The zero-order valence-electron chi connectivity index (χ0n) is 11.9.